The number of piperidine rings is 1. The number of likely N-dealkylation sites (tertiary alicyclic amines) is 1. The van der Waals surface area contributed by atoms with E-state index in [0.717, 1.165) is 54.5 Å². The van der Waals surface area contributed by atoms with Gasteiger partial charge in [-0.15, -0.1) is 0 Å². The van der Waals surface area contributed by atoms with Gasteiger partial charge in [-0.2, -0.15) is 0 Å². The SMILES string of the molecule is C\C=C/C=C(\C=C\C(=O)O)OCC1CCN(C(/C=C\CNC(=O)c2oc3ccc(Oc4ccccc4)cc3c2C)=NC)CC1. The topological polar surface area (TPSA) is 114 Å². The lowest BCUT2D eigenvalue weighted by Gasteiger charge is -2.33. The van der Waals surface area contributed by atoms with Crippen molar-refractivity contribution in [3.63, 3.8) is 0 Å². The van der Waals surface area contributed by atoms with Gasteiger partial charge in [-0.25, -0.2) is 4.79 Å². The molecule has 9 nitrogen and oxygen atoms in total. The van der Waals surface area contributed by atoms with E-state index in [0.29, 0.717) is 36.2 Å². The number of amides is 1. The maximum atomic E-state index is 12.9. The van der Waals surface area contributed by atoms with Crippen LogP contribution in [0.25, 0.3) is 11.0 Å². The number of ether oxygens (including phenoxy) is 2. The van der Waals surface area contributed by atoms with Crippen molar-refractivity contribution >= 4 is 28.7 Å². The Labute approximate surface area is 257 Å². The summed E-state index contributed by atoms with van der Waals surface area (Å²) in [7, 11) is 1.76. The monoisotopic (exact) mass is 597 g/mol. The fourth-order valence-electron chi connectivity index (χ4n) is 4.86. The molecule has 0 radical (unpaired) electrons. The van der Waals surface area contributed by atoms with E-state index in [1.54, 1.807) is 13.1 Å². The van der Waals surface area contributed by atoms with Gasteiger partial charge >= 0.3 is 5.97 Å². The average Bonchev–Trinajstić information content (AvgIpc) is 3.37. The van der Waals surface area contributed by atoms with Gasteiger partial charge in [0.2, 0.25) is 0 Å². The van der Waals surface area contributed by atoms with Crippen molar-refractivity contribution in [3.05, 3.63) is 108 Å². The molecule has 1 aliphatic heterocycles. The van der Waals surface area contributed by atoms with Crippen LogP contribution in [-0.2, 0) is 9.53 Å². The van der Waals surface area contributed by atoms with Crippen LogP contribution < -0.4 is 10.1 Å². The van der Waals surface area contributed by atoms with Crippen molar-refractivity contribution in [1.29, 1.82) is 0 Å². The highest BCUT2D eigenvalue weighted by Crippen LogP contribution is 2.31. The quantitative estimate of drug-likeness (QED) is 0.0787. The largest absolute Gasteiger partial charge is 0.493 e. The Morgan fingerprint density at radius 2 is 1.86 bits per heavy atom. The number of nitrogens with one attached hydrogen (secondary N) is 1. The minimum absolute atomic E-state index is 0.279. The molecular formula is C35H39N3O6. The first kappa shape index (κ1) is 31.9. The number of hydrogen-bond acceptors (Lipinski definition) is 6. The van der Waals surface area contributed by atoms with E-state index in [1.807, 2.05) is 86.7 Å². The number of furan rings is 1. The third kappa shape index (κ3) is 8.97. The molecule has 0 aliphatic carbocycles. The second-order valence-corrected chi connectivity index (χ2v) is 10.3. The third-order valence-corrected chi connectivity index (χ3v) is 7.24. The van der Waals surface area contributed by atoms with Gasteiger partial charge in [0.1, 0.15) is 28.7 Å². The molecule has 0 unspecified atom stereocenters. The average molecular weight is 598 g/mol. The number of allylic oxidation sites excluding steroid dienone is 4. The second-order valence-electron chi connectivity index (χ2n) is 10.3. The summed E-state index contributed by atoms with van der Waals surface area (Å²) in [6.45, 7) is 6.25. The van der Waals surface area contributed by atoms with Gasteiger partial charge in [0.25, 0.3) is 5.91 Å². The fourth-order valence-corrected chi connectivity index (χ4v) is 4.86. The number of aliphatic imine (C=N–C) groups is 1. The number of aryl methyl sites for hydroxylation is 1. The van der Waals surface area contributed by atoms with Gasteiger partial charge in [0.15, 0.2) is 5.76 Å². The van der Waals surface area contributed by atoms with Gasteiger partial charge in [-0.1, -0.05) is 36.4 Å². The lowest BCUT2D eigenvalue weighted by molar-refractivity contribution is -0.131. The zero-order valence-electron chi connectivity index (χ0n) is 25.4. The van der Waals surface area contributed by atoms with E-state index in [-0.39, 0.29) is 11.7 Å². The molecule has 230 valence electrons. The highest BCUT2D eigenvalue weighted by molar-refractivity contribution is 5.99. The Kier molecular flexibility index (Phi) is 11.6. The van der Waals surface area contributed by atoms with Gasteiger partial charge < -0.3 is 29.2 Å². The van der Waals surface area contributed by atoms with E-state index in [9.17, 15) is 9.59 Å². The number of carboxylic acid groups (broad SMARTS) is 1. The van der Waals surface area contributed by atoms with Crippen LogP contribution in [0.5, 0.6) is 11.5 Å². The molecule has 4 rings (SSSR count). The van der Waals surface area contributed by atoms with Crippen LogP contribution >= 0.6 is 0 Å². The molecule has 3 aromatic rings. The molecule has 1 amide bonds. The maximum Gasteiger partial charge on any atom is 0.328 e. The summed E-state index contributed by atoms with van der Waals surface area (Å²) in [5, 5.41) is 12.7. The molecule has 0 bridgehead atoms. The van der Waals surface area contributed by atoms with E-state index >= 15 is 0 Å². The van der Waals surface area contributed by atoms with E-state index in [1.165, 1.54) is 6.08 Å². The van der Waals surface area contributed by atoms with Crippen LogP contribution in [0.15, 0.2) is 106 Å². The van der Waals surface area contributed by atoms with Gasteiger partial charge in [-0.3, -0.25) is 9.79 Å². The van der Waals surface area contributed by atoms with Crippen molar-refractivity contribution < 1.29 is 28.6 Å². The number of hydrogen-bond donors (Lipinski definition) is 2. The van der Waals surface area contributed by atoms with Crippen molar-refractivity contribution in [3.8, 4) is 11.5 Å². The van der Waals surface area contributed by atoms with Gasteiger partial charge in [0, 0.05) is 43.7 Å². The molecule has 2 N–H and O–H groups in total. The van der Waals surface area contributed by atoms with Crippen LogP contribution in [0, 0.1) is 12.8 Å². The Balaban J connectivity index is 1.26. The normalized spacial score (nSPS) is 15.1. The number of fused-ring (bicyclic) bond motifs is 1. The summed E-state index contributed by atoms with van der Waals surface area (Å²) in [4.78, 5) is 30.5. The number of carbonyl (C=O) groups is 2. The molecular weight excluding hydrogens is 558 g/mol. The first-order chi connectivity index (χ1) is 21.4. The number of amidine groups is 1. The highest BCUT2D eigenvalue weighted by atomic mass is 16.5. The molecule has 1 fully saturated rings. The van der Waals surface area contributed by atoms with Crippen LogP contribution in [0.4, 0.5) is 0 Å². The predicted octanol–water partition coefficient (Wildman–Crippen LogP) is 6.68. The van der Waals surface area contributed by atoms with E-state index < -0.39 is 5.97 Å². The number of rotatable bonds is 12. The number of carboxylic acids is 1. The zero-order chi connectivity index (χ0) is 31.3. The lowest BCUT2D eigenvalue weighted by Crippen LogP contribution is -2.38. The molecule has 2 aromatic carbocycles. The minimum Gasteiger partial charge on any atom is -0.493 e. The molecule has 1 aromatic heterocycles. The Morgan fingerprint density at radius 1 is 1.09 bits per heavy atom. The van der Waals surface area contributed by atoms with E-state index in [2.05, 4.69) is 15.2 Å². The molecule has 0 atom stereocenters. The Hall–Kier alpha value is -5.05. The number of carbonyl (C=O) groups excluding carboxylic acids is 1. The summed E-state index contributed by atoms with van der Waals surface area (Å²) < 4.78 is 17.7. The van der Waals surface area contributed by atoms with Crippen molar-refractivity contribution in [1.82, 2.24) is 10.2 Å². The third-order valence-electron chi connectivity index (χ3n) is 7.24. The lowest BCUT2D eigenvalue weighted by atomic mass is 9.97. The minimum atomic E-state index is -1.01. The number of para-hydroxylation sites is 1. The first-order valence-corrected chi connectivity index (χ1v) is 14.7. The molecule has 0 spiro atoms. The summed E-state index contributed by atoms with van der Waals surface area (Å²) in [6.07, 6.45) is 13.6. The van der Waals surface area contributed by atoms with Crippen LogP contribution in [0.3, 0.4) is 0 Å². The number of nitrogens with zero attached hydrogens (tertiary/aromatic N) is 2. The molecule has 1 saturated heterocycles. The molecule has 2 heterocycles. The van der Waals surface area contributed by atoms with Crippen molar-refractivity contribution in [2.45, 2.75) is 26.7 Å². The van der Waals surface area contributed by atoms with Crippen LogP contribution in [-0.4, -0.2) is 61.0 Å². The molecule has 1 aliphatic rings. The standard InChI is InChI=1S/C35H39N3O6/c1-4-5-10-27(15-17-33(39)40)42-24-26-18-21-38(22-19-26)32(36-3)13-9-20-37-35(41)34-25(2)30-23-29(14-16-31(30)44-34)43-28-11-7-6-8-12-28/h4-17,23,26H,18-22,24H2,1-3H3,(H,37,41)(H,39,40)/b5-4-,13-9-,17-15+,27-10+,36-32?. The van der Waals surface area contributed by atoms with Crippen LogP contribution in [0.2, 0.25) is 0 Å². The van der Waals surface area contributed by atoms with Crippen molar-refractivity contribution in [2.75, 3.05) is 33.3 Å². The first-order valence-electron chi connectivity index (χ1n) is 14.7. The Morgan fingerprint density at radius 3 is 2.57 bits per heavy atom. The predicted molar refractivity (Wildman–Crippen MR) is 172 cm³/mol. The maximum absolute atomic E-state index is 12.9. The molecule has 0 saturated carbocycles. The summed E-state index contributed by atoms with van der Waals surface area (Å²) >= 11 is 0. The number of benzene rings is 2. The molecule has 9 heteroatoms. The smallest absolute Gasteiger partial charge is 0.328 e. The van der Waals surface area contributed by atoms with E-state index in [4.69, 9.17) is 19.0 Å². The fraction of sp³-hybridized carbons (Fsp3) is 0.286. The number of aliphatic carboxylic acids is 1. The second kappa shape index (κ2) is 16.0. The summed E-state index contributed by atoms with van der Waals surface area (Å²) in [5.41, 5.74) is 1.38. The summed E-state index contributed by atoms with van der Waals surface area (Å²) in [6, 6.07) is 15.0. The van der Waals surface area contributed by atoms with Crippen molar-refractivity contribution in [2.24, 2.45) is 10.9 Å². The van der Waals surface area contributed by atoms with Gasteiger partial charge in [0.05, 0.1) is 6.61 Å². The highest BCUT2D eigenvalue weighted by Gasteiger charge is 2.21. The zero-order valence-corrected chi connectivity index (χ0v) is 25.4. The Bertz CT molecular complexity index is 1570. The van der Waals surface area contributed by atoms with Gasteiger partial charge in [-0.05, 0) is 81.2 Å². The molecule has 44 heavy (non-hydrogen) atoms. The van der Waals surface area contributed by atoms with Crippen LogP contribution in [0.1, 0.15) is 35.9 Å². The summed E-state index contributed by atoms with van der Waals surface area (Å²) in [5.74, 6) is 2.11.